The summed E-state index contributed by atoms with van der Waals surface area (Å²) in [5.74, 6) is 0.509. The van der Waals surface area contributed by atoms with Crippen molar-refractivity contribution in [2.45, 2.75) is 6.17 Å². The van der Waals surface area contributed by atoms with Gasteiger partial charge in [-0.2, -0.15) is 0 Å². The van der Waals surface area contributed by atoms with E-state index >= 15 is 0 Å². The minimum Gasteiger partial charge on any atom is -0.344 e. The average Bonchev–Trinajstić information content (AvgIpc) is 2.61. The number of rotatable bonds is 2. The molecule has 3 rings (SSSR count). The van der Waals surface area contributed by atoms with E-state index in [0.717, 1.165) is 21.2 Å². The van der Waals surface area contributed by atoms with Crippen molar-refractivity contribution >= 4 is 50.2 Å². The van der Waals surface area contributed by atoms with E-state index < -0.39 is 6.17 Å². The van der Waals surface area contributed by atoms with Gasteiger partial charge in [0.15, 0.2) is 0 Å². The van der Waals surface area contributed by atoms with Crippen molar-refractivity contribution in [2.24, 2.45) is 0 Å². The highest BCUT2D eigenvalue weighted by molar-refractivity contribution is 9.10. The molecule has 0 spiro atoms. The summed E-state index contributed by atoms with van der Waals surface area (Å²) in [5.41, 5.74) is 0.733. The lowest BCUT2D eigenvalue weighted by atomic mass is 10.2. The Hall–Kier alpha value is -2.17. The third-order valence-electron chi connectivity index (χ3n) is 3.92. The van der Waals surface area contributed by atoms with Crippen molar-refractivity contribution in [1.29, 1.82) is 0 Å². The maximum Gasteiger partial charge on any atom is 0.318 e. The standard InChI is InChI=1S/C16H13BrClN5O/c1-3-15(24)23-5-4-22(8-14(23)19-2)16-10-6-11(17)12(18)7-13(10)20-9-21-16/h3,6-7,9,14H,1,4-5,8H2. The first-order chi connectivity index (χ1) is 11.5. The fourth-order valence-electron chi connectivity index (χ4n) is 2.73. The van der Waals surface area contributed by atoms with E-state index in [0.29, 0.717) is 24.7 Å². The molecule has 1 saturated heterocycles. The first-order valence-corrected chi connectivity index (χ1v) is 8.36. The number of benzene rings is 1. The smallest absolute Gasteiger partial charge is 0.318 e. The molecule has 0 bridgehead atoms. The zero-order valence-corrected chi connectivity index (χ0v) is 15.0. The fourth-order valence-corrected chi connectivity index (χ4v) is 3.23. The third kappa shape index (κ3) is 2.95. The molecule has 2 heterocycles. The molecule has 0 saturated carbocycles. The van der Waals surface area contributed by atoms with Crippen molar-refractivity contribution in [3.05, 3.63) is 52.0 Å². The van der Waals surface area contributed by atoms with Crippen molar-refractivity contribution < 1.29 is 4.79 Å². The van der Waals surface area contributed by atoms with E-state index in [2.05, 4.69) is 37.3 Å². The summed E-state index contributed by atoms with van der Waals surface area (Å²) < 4.78 is 0.759. The molecule has 1 atom stereocenters. The number of carbonyl (C=O) groups excluding carboxylic acids is 1. The SMILES string of the molecule is [C-]#[N+]C1CN(c2ncnc3cc(Cl)c(Br)cc23)CCN1C(=O)C=C. The van der Waals surface area contributed by atoms with E-state index in [4.69, 9.17) is 18.2 Å². The van der Waals surface area contributed by atoms with Gasteiger partial charge in [0.2, 0.25) is 0 Å². The van der Waals surface area contributed by atoms with Crippen LogP contribution in [-0.4, -0.2) is 46.6 Å². The fraction of sp³-hybridized carbons (Fsp3) is 0.250. The highest BCUT2D eigenvalue weighted by atomic mass is 79.9. The average molecular weight is 407 g/mol. The molecule has 1 aromatic heterocycles. The molecule has 1 fully saturated rings. The van der Waals surface area contributed by atoms with E-state index in [1.807, 2.05) is 11.0 Å². The van der Waals surface area contributed by atoms with Crippen molar-refractivity contribution in [2.75, 3.05) is 24.5 Å². The van der Waals surface area contributed by atoms with E-state index in [-0.39, 0.29) is 5.91 Å². The number of aromatic nitrogens is 2. The van der Waals surface area contributed by atoms with Crippen LogP contribution in [-0.2, 0) is 4.79 Å². The Morgan fingerprint density at radius 1 is 1.46 bits per heavy atom. The van der Waals surface area contributed by atoms with Crippen molar-refractivity contribution in [1.82, 2.24) is 14.9 Å². The third-order valence-corrected chi connectivity index (χ3v) is 5.11. The number of anilines is 1. The van der Waals surface area contributed by atoms with Gasteiger partial charge in [-0.3, -0.25) is 14.5 Å². The van der Waals surface area contributed by atoms with E-state index in [1.54, 1.807) is 6.07 Å². The van der Waals surface area contributed by atoms with Gasteiger partial charge in [0.25, 0.3) is 5.91 Å². The minimum atomic E-state index is -0.565. The first-order valence-electron chi connectivity index (χ1n) is 7.19. The van der Waals surface area contributed by atoms with Crippen LogP contribution >= 0.6 is 27.5 Å². The summed E-state index contributed by atoms with van der Waals surface area (Å²) in [6.07, 6.45) is 2.16. The molecule has 0 N–H and O–H groups in total. The summed E-state index contributed by atoms with van der Waals surface area (Å²) in [6, 6.07) is 3.65. The number of fused-ring (bicyclic) bond motifs is 1. The van der Waals surface area contributed by atoms with E-state index in [9.17, 15) is 4.79 Å². The predicted octanol–water partition coefficient (Wildman–Crippen LogP) is 3.13. The van der Waals surface area contributed by atoms with Crippen molar-refractivity contribution in [3.8, 4) is 0 Å². The molecule has 1 aliphatic heterocycles. The minimum absolute atomic E-state index is 0.224. The molecule has 6 nitrogen and oxygen atoms in total. The summed E-state index contributed by atoms with van der Waals surface area (Å²) in [7, 11) is 0. The van der Waals surface area contributed by atoms with Gasteiger partial charge in [0, 0.05) is 22.9 Å². The summed E-state index contributed by atoms with van der Waals surface area (Å²) in [6.45, 7) is 12.3. The maximum absolute atomic E-state index is 11.9. The number of hydrogen-bond acceptors (Lipinski definition) is 4. The zero-order chi connectivity index (χ0) is 17.3. The number of amides is 1. The van der Waals surface area contributed by atoms with Crippen LogP contribution in [0.25, 0.3) is 15.7 Å². The molecular weight excluding hydrogens is 394 g/mol. The number of halogens is 2. The Balaban J connectivity index is 1.97. The molecular formula is C16H13BrClN5O. The largest absolute Gasteiger partial charge is 0.344 e. The number of carbonyl (C=O) groups is 1. The van der Waals surface area contributed by atoms with Gasteiger partial charge >= 0.3 is 6.17 Å². The highest BCUT2D eigenvalue weighted by Gasteiger charge is 2.34. The van der Waals surface area contributed by atoms with Gasteiger partial charge in [-0.1, -0.05) is 18.2 Å². The summed E-state index contributed by atoms with van der Waals surface area (Å²) in [4.78, 5) is 27.6. The van der Waals surface area contributed by atoms with Gasteiger partial charge in [-0.05, 0) is 34.1 Å². The highest BCUT2D eigenvalue weighted by Crippen LogP contribution is 2.32. The number of hydrogen-bond donors (Lipinski definition) is 0. The molecule has 1 aromatic carbocycles. The normalized spacial score (nSPS) is 17.6. The lowest BCUT2D eigenvalue weighted by Crippen LogP contribution is -2.53. The topological polar surface area (TPSA) is 53.7 Å². The van der Waals surface area contributed by atoms with Crippen LogP contribution in [0.3, 0.4) is 0 Å². The molecule has 1 amide bonds. The number of piperazine rings is 1. The van der Waals surface area contributed by atoms with Gasteiger partial charge < -0.3 is 4.90 Å². The maximum atomic E-state index is 11.9. The monoisotopic (exact) mass is 405 g/mol. The Bertz CT molecular complexity index is 865. The predicted molar refractivity (Wildman–Crippen MR) is 96.8 cm³/mol. The van der Waals surface area contributed by atoms with Crippen LogP contribution < -0.4 is 4.90 Å². The molecule has 8 heteroatoms. The van der Waals surface area contributed by atoms with Gasteiger partial charge in [-0.15, -0.1) is 0 Å². The quantitative estimate of drug-likeness (QED) is 0.568. The number of nitrogens with zero attached hydrogens (tertiary/aromatic N) is 5. The first kappa shape index (κ1) is 16.7. The summed E-state index contributed by atoms with van der Waals surface area (Å²) >= 11 is 9.55. The molecule has 2 aromatic rings. The Morgan fingerprint density at radius 2 is 2.25 bits per heavy atom. The van der Waals surface area contributed by atoms with Crippen LogP contribution in [0.2, 0.25) is 5.02 Å². The van der Waals surface area contributed by atoms with Gasteiger partial charge in [0.05, 0.1) is 10.5 Å². The van der Waals surface area contributed by atoms with Crippen LogP contribution in [0.5, 0.6) is 0 Å². The van der Waals surface area contributed by atoms with Crippen LogP contribution in [0.15, 0.2) is 35.6 Å². The van der Waals surface area contributed by atoms with Crippen molar-refractivity contribution in [3.63, 3.8) is 0 Å². The molecule has 1 unspecified atom stereocenters. The summed E-state index contributed by atoms with van der Waals surface area (Å²) in [5, 5.41) is 1.42. The van der Waals surface area contributed by atoms with Crippen LogP contribution in [0, 0.1) is 6.57 Å². The van der Waals surface area contributed by atoms with Gasteiger partial charge in [-0.25, -0.2) is 16.5 Å². The lowest BCUT2D eigenvalue weighted by Gasteiger charge is -2.35. The molecule has 0 radical (unpaired) electrons. The van der Waals surface area contributed by atoms with Crippen LogP contribution in [0.1, 0.15) is 0 Å². The molecule has 122 valence electrons. The second-order valence-corrected chi connectivity index (χ2v) is 6.53. The van der Waals surface area contributed by atoms with E-state index in [1.165, 1.54) is 17.3 Å². The second-order valence-electron chi connectivity index (χ2n) is 5.27. The Labute approximate surface area is 152 Å². The molecule has 24 heavy (non-hydrogen) atoms. The Morgan fingerprint density at radius 3 is 2.96 bits per heavy atom. The molecule has 0 aliphatic carbocycles. The lowest BCUT2D eigenvalue weighted by molar-refractivity contribution is -0.127. The van der Waals surface area contributed by atoms with Crippen LogP contribution in [0.4, 0.5) is 5.82 Å². The molecule has 1 aliphatic rings. The zero-order valence-electron chi connectivity index (χ0n) is 12.6. The Kier molecular flexibility index (Phi) is 4.69. The van der Waals surface area contributed by atoms with Gasteiger partial charge in [0.1, 0.15) is 18.7 Å². The second kappa shape index (κ2) is 6.75.